The minimum Gasteiger partial charge on any atom is -0.478 e. The van der Waals surface area contributed by atoms with Crippen LogP contribution in [0.4, 0.5) is 0 Å². The molecule has 1 aromatic heterocycles. The number of aromatic carboxylic acids is 1. The summed E-state index contributed by atoms with van der Waals surface area (Å²) in [6.07, 6.45) is 4.45. The number of carboxylic acid groups (broad SMARTS) is 1. The molecule has 1 fully saturated rings. The zero-order valence-corrected chi connectivity index (χ0v) is 11.1. The number of aliphatic hydroxyl groups excluding tert-OH is 1. The van der Waals surface area contributed by atoms with Crippen LogP contribution in [0.15, 0.2) is 11.4 Å². The molecule has 5 heteroatoms. The number of carboxylic acids is 1. The van der Waals surface area contributed by atoms with Gasteiger partial charge in [0.15, 0.2) is 0 Å². The number of hydrogen-bond acceptors (Lipinski definition) is 4. The molecule has 0 amide bonds. The van der Waals surface area contributed by atoms with Gasteiger partial charge in [-0.2, -0.15) is 0 Å². The topological polar surface area (TPSA) is 69.6 Å². The maximum Gasteiger partial charge on any atom is 0.336 e. The lowest BCUT2D eigenvalue weighted by atomic mass is 9.86. The zero-order chi connectivity index (χ0) is 13.0. The first-order valence-electron chi connectivity index (χ1n) is 6.34. The van der Waals surface area contributed by atoms with E-state index in [1.54, 1.807) is 11.4 Å². The van der Waals surface area contributed by atoms with E-state index in [0.717, 1.165) is 37.1 Å². The Balaban J connectivity index is 1.81. The number of thiophene rings is 1. The van der Waals surface area contributed by atoms with E-state index >= 15 is 0 Å². The quantitative estimate of drug-likeness (QED) is 0.765. The highest BCUT2D eigenvalue weighted by atomic mass is 32.1. The van der Waals surface area contributed by atoms with E-state index < -0.39 is 5.97 Å². The molecule has 3 N–H and O–H groups in total. The SMILES string of the molecule is O=C(O)c1csc(CNC2CCCC(CO)C2)c1. The molecule has 0 bridgehead atoms. The molecule has 0 radical (unpaired) electrons. The Morgan fingerprint density at radius 3 is 3.00 bits per heavy atom. The molecule has 100 valence electrons. The van der Waals surface area contributed by atoms with Gasteiger partial charge in [-0.25, -0.2) is 4.79 Å². The van der Waals surface area contributed by atoms with Crippen LogP contribution < -0.4 is 5.32 Å². The molecule has 4 nitrogen and oxygen atoms in total. The van der Waals surface area contributed by atoms with E-state index in [9.17, 15) is 4.79 Å². The number of aliphatic hydroxyl groups is 1. The summed E-state index contributed by atoms with van der Waals surface area (Å²) in [5.41, 5.74) is 0.369. The minimum absolute atomic E-state index is 0.278. The molecule has 1 heterocycles. The van der Waals surface area contributed by atoms with Crippen molar-refractivity contribution in [2.75, 3.05) is 6.61 Å². The van der Waals surface area contributed by atoms with Crippen LogP contribution in [0.25, 0.3) is 0 Å². The summed E-state index contributed by atoms with van der Waals surface area (Å²) >= 11 is 1.48. The Kier molecular flexibility index (Phi) is 4.74. The monoisotopic (exact) mass is 269 g/mol. The molecule has 2 atom stereocenters. The largest absolute Gasteiger partial charge is 0.478 e. The highest BCUT2D eigenvalue weighted by Crippen LogP contribution is 2.24. The molecule has 0 saturated heterocycles. The van der Waals surface area contributed by atoms with Crippen LogP contribution in [0, 0.1) is 5.92 Å². The maximum absolute atomic E-state index is 10.8. The van der Waals surface area contributed by atoms with Gasteiger partial charge in [-0.15, -0.1) is 11.3 Å². The maximum atomic E-state index is 10.8. The van der Waals surface area contributed by atoms with E-state index in [1.807, 2.05) is 0 Å². The molecule has 0 aliphatic heterocycles. The summed E-state index contributed by atoms with van der Waals surface area (Å²) in [6, 6.07) is 2.18. The van der Waals surface area contributed by atoms with Gasteiger partial charge >= 0.3 is 5.97 Å². The van der Waals surface area contributed by atoms with Crippen molar-refractivity contribution >= 4 is 17.3 Å². The van der Waals surface area contributed by atoms with Crippen LogP contribution in [0.3, 0.4) is 0 Å². The van der Waals surface area contributed by atoms with Gasteiger partial charge in [0.25, 0.3) is 0 Å². The fraction of sp³-hybridized carbons (Fsp3) is 0.615. The summed E-state index contributed by atoms with van der Waals surface area (Å²) in [4.78, 5) is 11.8. The average Bonchev–Trinajstić information content (AvgIpc) is 2.85. The van der Waals surface area contributed by atoms with Crippen molar-refractivity contribution < 1.29 is 15.0 Å². The smallest absolute Gasteiger partial charge is 0.336 e. The van der Waals surface area contributed by atoms with Crippen LogP contribution >= 0.6 is 11.3 Å². The van der Waals surface area contributed by atoms with Gasteiger partial charge in [0.05, 0.1) is 5.56 Å². The van der Waals surface area contributed by atoms with Crippen LogP contribution in [0.1, 0.15) is 40.9 Å². The third-order valence-electron chi connectivity index (χ3n) is 3.51. The zero-order valence-electron chi connectivity index (χ0n) is 10.3. The molecule has 1 aliphatic carbocycles. The molecule has 1 aliphatic rings. The average molecular weight is 269 g/mol. The van der Waals surface area contributed by atoms with Crippen LogP contribution in [-0.4, -0.2) is 28.8 Å². The summed E-state index contributed by atoms with van der Waals surface area (Å²) < 4.78 is 0. The predicted octanol–water partition coefficient (Wildman–Crippen LogP) is 2.09. The molecule has 0 spiro atoms. The summed E-state index contributed by atoms with van der Waals surface area (Å²) in [7, 11) is 0. The highest BCUT2D eigenvalue weighted by molar-refractivity contribution is 7.10. The van der Waals surface area contributed by atoms with Crippen molar-refractivity contribution in [1.82, 2.24) is 5.32 Å². The van der Waals surface area contributed by atoms with E-state index in [-0.39, 0.29) is 6.61 Å². The normalized spacial score (nSPS) is 24.1. The number of rotatable bonds is 5. The summed E-state index contributed by atoms with van der Waals surface area (Å²) in [5.74, 6) is -0.440. The Labute approximate surface area is 111 Å². The van der Waals surface area contributed by atoms with Gasteiger partial charge in [0, 0.05) is 29.5 Å². The van der Waals surface area contributed by atoms with Crippen molar-refractivity contribution in [3.8, 4) is 0 Å². The van der Waals surface area contributed by atoms with Crippen molar-refractivity contribution in [1.29, 1.82) is 0 Å². The molecular formula is C13H19NO3S. The van der Waals surface area contributed by atoms with Crippen LogP contribution in [-0.2, 0) is 6.54 Å². The first-order valence-corrected chi connectivity index (χ1v) is 7.22. The molecule has 2 unspecified atom stereocenters. The number of hydrogen-bond donors (Lipinski definition) is 3. The Morgan fingerprint density at radius 2 is 2.33 bits per heavy atom. The molecule has 18 heavy (non-hydrogen) atoms. The number of carbonyl (C=O) groups is 1. The van der Waals surface area contributed by atoms with Gasteiger partial charge in [-0.1, -0.05) is 6.42 Å². The van der Waals surface area contributed by atoms with Crippen molar-refractivity contribution in [3.63, 3.8) is 0 Å². The molecular weight excluding hydrogens is 250 g/mol. The Bertz CT molecular complexity index is 405. The molecule has 2 rings (SSSR count). The highest BCUT2D eigenvalue weighted by Gasteiger charge is 2.21. The molecule has 1 aromatic rings. The van der Waals surface area contributed by atoms with Crippen molar-refractivity contribution in [3.05, 3.63) is 21.9 Å². The second kappa shape index (κ2) is 6.31. The van der Waals surface area contributed by atoms with E-state index in [0.29, 0.717) is 17.5 Å². The Morgan fingerprint density at radius 1 is 1.50 bits per heavy atom. The lowest BCUT2D eigenvalue weighted by molar-refractivity contribution is 0.0697. The van der Waals surface area contributed by atoms with Gasteiger partial charge in [-0.05, 0) is 31.2 Å². The summed E-state index contributed by atoms with van der Waals surface area (Å²) in [5, 5.41) is 23.1. The lowest BCUT2D eigenvalue weighted by Crippen LogP contribution is -2.34. The van der Waals surface area contributed by atoms with E-state index in [2.05, 4.69) is 5.32 Å². The first-order chi connectivity index (χ1) is 8.69. The third kappa shape index (κ3) is 3.54. The second-order valence-electron chi connectivity index (χ2n) is 4.90. The predicted molar refractivity (Wildman–Crippen MR) is 70.9 cm³/mol. The standard InChI is InChI=1S/C13H19NO3S/c15-7-9-2-1-3-11(4-9)14-6-12-5-10(8-18-12)13(16)17/h5,8-9,11,14-15H,1-4,6-7H2,(H,16,17). The first kappa shape index (κ1) is 13.5. The summed E-state index contributed by atoms with van der Waals surface area (Å²) in [6.45, 7) is 1.00. The molecule has 1 saturated carbocycles. The Hall–Kier alpha value is -0.910. The van der Waals surface area contributed by atoms with Gasteiger partial charge in [0.1, 0.15) is 0 Å². The third-order valence-corrected chi connectivity index (χ3v) is 4.44. The van der Waals surface area contributed by atoms with E-state index in [4.69, 9.17) is 10.2 Å². The van der Waals surface area contributed by atoms with Gasteiger partial charge in [-0.3, -0.25) is 0 Å². The van der Waals surface area contributed by atoms with E-state index in [1.165, 1.54) is 11.3 Å². The van der Waals surface area contributed by atoms with Crippen LogP contribution in [0.2, 0.25) is 0 Å². The van der Waals surface area contributed by atoms with Crippen molar-refractivity contribution in [2.24, 2.45) is 5.92 Å². The second-order valence-corrected chi connectivity index (χ2v) is 5.90. The fourth-order valence-corrected chi connectivity index (χ4v) is 3.28. The van der Waals surface area contributed by atoms with Crippen molar-refractivity contribution in [2.45, 2.75) is 38.3 Å². The minimum atomic E-state index is -0.865. The van der Waals surface area contributed by atoms with Gasteiger partial charge in [0.2, 0.25) is 0 Å². The number of nitrogens with one attached hydrogen (secondary N) is 1. The van der Waals surface area contributed by atoms with Gasteiger partial charge < -0.3 is 15.5 Å². The van der Waals surface area contributed by atoms with Crippen LogP contribution in [0.5, 0.6) is 0 Å². The molecule has 0 aromatic carbocycles. The fourth-order valence-electron chi connectivity index (χ4n) is 2.47. The lowest BCUT2D eigenvalue weighted by Gasteiger charge is -2.28.